The second-order valence-corrected chi connectivity index (χ2v) is 4.04. The highest BCUT2D eigenvalue weighted by Gasteiger charge is 2.84. The molecular formula is C8H12FNO2. The van der Waals surface area contributed by atoms with Crippen LogP contribution in [0.5, 0.6) is 0 Å². The number of hydrogen-bond acceptors (Lipinski definition) is 2. The lowest BCUT2D eigenvalue weighted by atomic mass is 9.96. The van der Waals surface area contributed by atoms with Crippen molar-refractivity contribution in [3.8, 4) is 0 Å². The maximum atomic E-state index is 13.7. The number of carboxylic acids is 1. The molecule has 0 amide bonds. The van der Waals surface area contributed by atoms with Crippen molar-refractivity contribution in [2.45, 2.75) is 31.5 Å². The van der Waals surface area contributed by atoms with Crippen LogP contribution in [0.25, 0.3) is 0 Å². The number of carboxylic acid groups (broad SMARTS) is 1. The predicted molar refractivity (Wildman–Crippen MR) is 40.3 cm³/mol. The monoisotopic (exact) mass is 173 g/mol. The Kier molecular flexibility index (Phi) is 1.21. The Bertz CT molecular complexity index is 257. The molecule has 2 fully saturated rings. The van der Waals surface area contributed by atoms with Crippen LogP contribution >= 0.6 is 0 Å². The Morgan fingerprint density at radius 3 is 2.50 bits per heavy atom. The Morgan fingerprint density at radius 1 is 1.67 bits per heavy atom. The van der Waals surface area contributed by atoms with E-state index in [1.54, 1.807) is 6.92 Å². The van der Waals surface area contributed by atoms with Gasteiger partial charge >= 0.3 is 5.97 Å². The molecule has 1 unspecified atom stereocenters. The van der Waals surface area contributed by atoms with Crippen LogP contribution in [0.2, 0.25) is 0 Å². The van der Waals surface area contributed by atoms with E-state index in [1.165, 1.54) is 0 Å². The number of halogens is 1. The van der Waals surface area contributed by atoms with Gasteiger partial charge in [-0.05, 0) is 12.8 Å². The first-order valence-electron chi connectivity index (χ1n) is 4.13. The molecule has 12 heavy (non-hydrogen) atoms. The molecule has 0 spiro atoms. The molecule has 0 aromatic heterocycles. The first kappa shape index (κ1) is 7.98. The molecule has 2 aliphatic rings. The van der Waals surface area contributed by atoms with Crippen LogP contribution in [0.15, 0.2) is 0 Å². The molecule has 2 aliphatic carbocycles. The normalized spacial score (nSPS) is 56.6. The summed E-state index contributed by atoms with van der Waals surface area (Å²) in [6, 6.07) is -0.288. The predicted octanol–water partition coefficient (Wildman–Crippen LogP) is 0.536. The zero-order valence-corrected chi connectivity index (χ0v) is 6.88. The number of alkyl halides is 1. The van der Waals surface area contributed by atoms with Crippen molar-refractivity contribution in [3.63, 3.8) is 0 Å². The quantitative estimate of drug-likeness (QED) is 0.608. The average Bonchev–Trinajstić information content (AvgIpc) is 2.29. The van der Waals surface area contributed by atoms with E-state index in [-0.39, 0.29) is 12.0 Å². The van der Waals surface area contributed by atoms with Gasteiger partial charge in [0.25, 0.3) is 0 Å². The molecule has 3 N–H and O–H groups in total. The zero-order chi connectivity index (χ0) is 9.15. The number of aliphatic carboxylic acids is 1. The van der Waals surface area contributed by atoms with Gasteiger partial charge in [-0.1, -0.05) is 6.92 Å². The summed E-state index contributed by atoms with van der Waals surface area (Å²) in [6.07, 6.45) is 1.36. The smallest absolute Gasteiger partial charge is 0.342 e. The largest absolute Gasteiger partial charge is 0.479 e. The van der Waals surface area contributed by atoms with Crippen LogP contribution in [-0.2, 0) is 4.79 Å². The van der Waals surface area contributed by atoms with Gasteiger partial charge in [0.1, 0.15) is 0 Å². The maximum absolute atomic E-state index is 13.7. The summed E-state index contributed by atoms with van der Waals surface area (Å²) in [5.41, 5.74) is 2.83. The highest BCUT2D eigenvalue weighted by Crippen LogP contribution is 2.72. The van der Waals surface area contributed by atoms with Crippen molar-refractivity contribution in [3.05, 3.63) is 0 Å². The van der Waals surface area contributed by atoms with Crippen molar-refractivity contribution in [1.82, 2.24) is 0 Å². The first-order chi connectivity index (χ1) is 5.45. The van der Waals surface area contributed by atoms with Crippen LogP contribution in [-0.4, -0.2) is 22.8 Å². The van der Waals surface area contributed by atoms with Crippen molar-refractivity contribution in [1.29, 1.82) is 0 Å². The molecule has 0 radical (unpaired) electrons. The molecule has 4 heteroatoms. The van der Waals surface area contributed by atoms with Crippen LogP contribution in [0, 0.1) is 11.3 Å². The van der Waals surface area contributed by atoms with Crippen molar-refractivity contribution in [2.24, 2.45) is 17.1 Å². The maximum Gasteiger partial charge on any atom is 0.342 e. The fourth-order valence-corrected chi connectivity index (χ4v) is 2.74. The Balaban J connectivity index is 2.33. The van der Waals surface area contributed by atoms with E-state index < -0.39 is 17.1 Å². The number of hydrogen-bond donors (Lipinski definition) is 2. The molecule has 0 aromatic rings. The van der Waals surface area contributed by atoms with Gasteiger partial charge in [0.05, 0.1) is 0 Å². The summed E-state index contributed by atoms with van der Waals surface area (Å²) in [7, 11) is 0. The Hall–Kier alpha value is -0.640. The topological polar surface area (TPSA) is 63.3 Å². The Labute approximate surface area is 69.7 Å². The summed E-state index contributed by atoms with van der Waals surface area (Å²) < 4.78 is 13.7. The molecule has 2 rings (SSSR count). The van der Waals surface area contributed by atoms with E-state index in [4.69, 9.17) is 10.8 Å². The number of nitrogens with two attached hydrogens (primary N) is 1. The lowest BCUT2D eigenvalue weighted by Gasteiger charge is -2.17. The minimum atomic E-state index is -2.04. The van der Waals surface area contributed by atoms with Gasteiger partial charge in [-0.15, -0.1) is 0 Å². The summed E-state index contributed by atoms with van der Waals surface area (Å²) >= 11 is 0. The highest BCUT2D eigenvalue weighted by atomic mass is 19.1. The molecule has 0 aliphatic heterocycles. The van der Waals surface area contributed by atoms with Crippen LogP contribution in [0.3, 0.4) is 0 Å². The van der Waals surface area contributed by atoms with Gasteiger partial charge in [-0.3, -0.25) is 0 Å². The molecule has 0 heterocycles. The molecule has 0 bridgehead atoms. The molecule has 68 valence electrons. The van der Waals surface area contributed by atoms with Crippen LogP contribution in [0.1, 0.15) is 19.8 Å². The van der Waals surface area contributed by atoms with E-state index in [0.29, 0.717) is 6.42 Å². The lowest BCUT2D eigenvalue weighted by Crippen LogP contribution is -2.37. The minimum absolute atomic E-state index is 0.288. The zero-order valence-electron chi connectivity index (χ0n) is 6.88. The third-order valence-electron chi connectivity index (χ3n) is 3.75. The molecule has 0 saturated heterocycles. The third kappa shape index (κ3) is 0.523. The molecule has 4 atom stereocenters. The summed E-state index contributed by atoms with van der Waals surface area (Å²) in [4.78, 5) is 10.6. The number of rotatable bonds is 1. The van der Waals surface area contributed by atoms with Crippen molar-refractivity contribution >= 4 is 5.97 Å². The minimum Gasteiger partial charge on any atom is -0.479 e. The van der Waals surface area contributed by atoms with Crippen LogP contribution in [0.4, 0.5) is 4.39 Å². The fraction of sp³-hybridized carbons (Fsp3) is 0.875. The van der Waals surface area contributed by atoms with Crippen LogP contribution < -0.4 is 5.73 Å². The van der Waals surface area contributed by atoms with Gasteiger partial charge in [0, 0.05) is 17.4 Å². The second kappa shape index (κ2) is 1.82. The third-order valence-corrected chi connectivity index (χ3v) is 3.75. The summed E-state index contributed by atoms with van der Waals surface area (Å²) in [5.74, 6) is -1.69. The van der Waals surface area contributed by atoms with E-state index in [9.17, 15) is 9.18 Å². The molecule has 3 nitrogen and oxygen atoms in total. The Morgan fingerprint density at radius 2 is 2.25 bits per heavy atom. The van der Waals surface area contributed by atoms with Gasteiger partial charge in [-0.25, -0.2) is 9.18 Å². The van der Waals surface area contributed by atoms with E-state index in [2.05, 4.69) is 0 Å². The highest BCUT2D eigenvalue weighted by molar-refractivity contribution is 5.85. The number of carbonyl (C=O) groups is 1. The summed E-state index contributed by atoms with van der Waals surface area (Å²) in [6.45, 7) is 1.64. The SMILES string of the molecule is C[C@]12C(N)CC[C@H]1[C@]2(F)C(=O)O. The molecular weight excluding hydrogens is 161 g/mol. The van der Waals surface area contributed by atoms with E-state index >= 15 is 0 Å². The number of fused-ring (bicyclic) bond motifs is 1. The van der Waals surface area contributed by atoms with Crippen molar-refractivity contribution < 1.29 is 14.3 Å². The molecule has 2 saturated carbocycles. The van der Waals surface area contributed by atoms with E-state index in [0.717, 1.165) is 6.42 Å². The van der Waals surface area contributed by atoms with Crippen molar-refractivity contribution in [2.75, 3.05) is 0 Å². The standard InChI is InChI=1S/C8H12FNO2/c1-7-4(2-3-5(7)10)8(7,9)6(11)12/h4-5H,2-3,10H2,1H3,(H,11,12)/t4-,5?,7-,8+/m1/s1. The van der Waals surface area contributed by atoms with Gasteiger partial charge in [0.15, 0.2) is 0 Å². The second-order valence-electron chi connectivity index (χ2n) is 4.04. The van der Waals surface area contributed by atoms with Gasteiger partial charge in [-0.2, -0.15) is 0 Å². The molecule has 0 aromatic carbocycles. The van der Waals surface area contributed by atoms with Gasteiger partial charge in [0.2, 0.25) is 5.67 Å². The first-order valence-corrected chi connectivity index (χ1v) is 4.13. The van der Waals surface area contributed by atoms with E-state index in [1.807, 2.05) is 0 Å². The average molecular weight is 173 g/mol. The lowest BCUT2D eigenvalue weighted by molar-refractivity contribution is -0.147. The summed E-state index contributed by atoms with van der Waals surface area (Å²) in [5, 5.41) is 8.67. The fourth-order valence-electron chi connectivity index (χ4n) is 2.74. The van der Waals surface area contributed by atoms with Gasteiger partial charge < -0.3 is 10.8 Å².